The molecule has 1 heterocycles. The second-order valence-corrected chi connectivity index (χ2v) is 5.82. The van der Waals surface area contributed by atoms with Gasteiger partial charge in [-0.15, -0.1) is 0 Å². The monoisotopic (exact) mass is 285 g/mol. The maximum Gasteiger partial charge on any atom is 0.256 e. The highest BCUT2D eigenvalue weighted by atomic mass is 35.5. The van der Waals surface area contributed by atoms with E-state index in [1.807, 2.05) is 24.0 Å². The van der Waals surface area contributed by atoms with Crippen LogP contribution in [-0.2, 0) is 11.2 Å². The fourth-order valence-corrected chi connectivity index (χ4v) is 3.04. The number of nitrogens with zero attached hydrogens (tertiary/aromatic N) is 1. The van der Waals surface area contributed by atoms with Crippen LogP contribution in [0.2, 0.25) is 0 Å². The van der Waals surface area contributed by atoms with Crippen LogP contribution >= 0.6 is 23.2 Å². The molecule has 0 N–H and O–H groups in total. The zero-order chi connectivity index (χ0) is 13.3. The third kappa shape index (κ3) is 2.36. The van der Waals surface area contributed by atoms with Gasteiger partial charge in [-0.2, -0.15) is 0 Å². The van der Waals surface area contributed by atoms with Crippen LogP contribution in [0.15, 0.2) is 24.3 Å². The fraction of sp³-hybridized carbons (Fsp3) is 0.500. The minimum absolute atomic E-state index is 0.0810. The predicted molar refractivity (Wildman–Crippen MR) is 75.0 cm³/mol. The Labute approximate surface area is 118 Å². The van der Waals surface area contributed by atoms with Gasteiger partial charge < -0.3 is 4.90 Å². The van der Waals surface area contributed by atoms with E-state index >= 15 is 0 Å². The molecule has 0 aliphatic carbocycles. The summed E-state index contributed by atoms with van der Waals surface area (Å²) in [5, 5.41) is 0. The topological polar surface area (TPSA) is 20.3 Å². The molecule has 2 rings (SSSR count). The summed E-state index contributed by atoms with van der Waals surface area (Å²) in [5.41, 5.74) is 2.54. The highest BCUT2D eigenvalue weighted by Gasteiger charge is 2.35. The molecule has 0 radical (unpaired) electrons. The Morgan fingerprint density at radius 3 is 2.72 bits per heavy atom. The number of halogens is 2. The lowest BCUT2D eigenvalue weighted by molar-refractivity contribution is -0.134. The Morgan fingerprint density at radius 2 is 2.11 bits per heavy atom. The minimum atomic E-state index is -0.980. The van der Waals surface area contributed by atoms with E-state index in [0.717, 1.165) is 12.8 Å². The molecule has 0 spiro atoms. The molecule has 2 nitrogen and oxygen atoms in total. The molecule has 1 aliphatic rings. The average molecular weight is 286 g/mol. The first-order valence-electron chi connectivity index (χ1n) is 6.24. The third-order valence-electron chi connectivity index (χ3n) is 3.57. The van der Waals surface area contributed by atoms with Crippen LogP contribution < -0.4 is 0 Å². The Morgan fingerprint density at radius 1 is 1.44 bits per heavy atom. The van der Waals surface area contributed by atoms with Crippen LogP contribution in [-0.4, -0.2) is 21.7 Å². The molecule has 0 bridgehead atoms. The number of alkyl halides is 2. The highest BCUT2D eigenvalue weighted by Crippen LogP contribution is 2.36. The van der Waals surface area contributed by atoms with Crippen LogP contribution in [0.5, 0.6) is 0 Å². The van der Waals surface area contributed by atoms with Crippen molar-refractivity contribution in [3.63, 3.8) is 0 Å². The van der Waals surface area contributed by atoms with E-state index in [-0.39, 0.29) is 18.0 Å². The smallest absolute Gasteiger partial charge is 0.256 e. The zero-order valence-electron chi connectivity index (χ0n) is 10.6. The first-order valence-corrected chi connectivity index (χ1v) is 7.11. The number of hydrogen-bond donors (Lipinski definition) is 0. The predicted octanol–water partition coefficient (Wildman–Crippen LogP) is 3.71. The molecule has 1 aliphatic heterocycles. The van der Waals surface area contributed by atoms with Gasteiger partial charge in [-0.25, -0.2) is 0 Å². The molecule has 2 unspecified atom stereocenters. The van der Waals surface area contributed by atoms with E-state index in [1.165, 1.54) is 11.1 Å². The lowest BCUT2D eigenvalue weighted by Crippen LogP contribution is -2.47. The molecule has 98 valence electrons. The van der Waals surface area contributed by atoms with Gasteiger partial charge in [0, 0.05) is 6.04 Å². The first-order chi connectivity index (χ1) is 8.56. The van der Waals surface area contributed by atoms with Gasteiger partial charge in [0.2, 0.25) is 0 Å². The first kappa shape index (κ1) is 13.7. The SMILES string of the molecule is CCC1c2ccccc2CC(C)N1C(=O)C(Cl)Cl. The standard InChI is InChI=1S/C14H17Cl2NO/c1-3-12-11-7-5-4-6-10(11)8-9(2)17(12)14(18)13(15)16/h4-7,9,12-13H,3,8H2,1-2H3. The van der Waals surface area contributed by atoms with E-state index in [2.05, 4.69) is 19.1 Å². The Kier molecular flexibility index (Phi) is 4.18. The van der Waals surface area contributed by atoms with Crippen molar-refractivity contribution in [3.05, 3.63) is 35.4 Å². The fourth-order valence-electron chi connectivity index (χ4n) is 2.82. The summed E-state index contributed by atoms with van der Waals surface area (Å²) < 4.78 is 0. The van der Waals surface area contributed by atoms with Crippen molar-refractivity contribution in [2.24, 2.45) is 0 Å². The average Bonchev–Trinajstić information content (AvgIpc) is 2.36. The lowest BCUT2D eigenvalue weighted by Gasteiger charge is -2.42. The second-order valence-electron chi connectivity index (χ2n) is 4.72. The summed E-state index contributed by atoms with van der Waals surface area (Å²) in [7, 11) is 0. The summed E-state index contributed by atoms with van der Waals surface area (Å²) in [6, 6.07) is 8.50. The number of fused-ring (bicyclic) bond motifs is 1. The van der Waals surface area contributed by atoms with E-state index in [4.69, 9.17) is 23.2 Å². The van der Waals surface area contributed by atoms with Gasteiger partial charge in [0.1, 0.15) is 0 Å². The number of carbonyl (C=O) groups excluding carboxylic acids is 1. The number of benzene rings is 1. The maximum absolute atomic E-state index is 12.1. The molecule has 0 fully saturated rings. The highest BCUT2D eigenvalue weighted by molar-refractivity contribution is 6.53. The number of amides is 1. The Hall–Kier alpha value is -0.730. The molecule has 0 aromatic heterocycles. The van der Waals surface area contributed by atoms with E-state index in [9.17, 15) is 4.79 Å². The van der Waals surface area contributed by atoms with E-state index < -0.39 is 4.84 Å². The van der Waals surface area contributed by atoms with Gasteiger partial charge in [-0.3, -0.25) is 4.79 Å². The molecule has 2 atom stereocenters. The van der Waals surface area contributed by atoms with Crippen LogP contribution in [0.4, 0.5) is 0 Å². The van der Waals surface area contributed by atoms with Crippen LogP contribution in [0, 0.1) is 0 Å². The molecular weight excluding hydrogens is 269 g/mol. The normalized spacial score (nSPS) is 23.1. The third-order valence-corrected chi connectivity index (χ3v) is 3.94. The van der Waals surface area contributed by atoms with Crippen molar-refractivity contribution in [3.8, 4) is 0 Å². The summed E-state index contributed by atoms with van der Waals surface area (Å²) in [6.45, 7) is 4.13. The van der Waals surface area contributed by atoms with Crippen LogP contribution in [0.3, 0.4) is 0 Å². The van der Waals surface area contributed by atoms with E-state index in [0.29, 0.717) is 0 Å². The molecule has 0 saturated heterocycles. The van der Waals surface area contributed by atoms with Crippen molar-refractivity contribution in [1.82, 2.24) is 4.90 Å². The van der Waals surface area contributed by atoms with Gasteiger partial charge in [-0.05, 0) is 30.9 Å². The van der Waals surface area contributed by atoms with Crippen LogP contribution in [0.25, 0.3) is 0 Å². The second kappa shape index (κ2) is 5.50. The van der Waals surface area contributed by atoms with Gasteiger partial charge in [-0.1, -0.05) is 54.4 Å². The molecule has 1 aromatic rings. The number of carbonyl (C=O) groups is 1. The Bertz CT molecular complexity index is 447. The lowest BCUT2D eigenvalue weighted by atomic mass is 9.87. The number of rotatable bonds is 2. The summed E-state index contributed by atoms with van der Waals surface area (Å²) in [5.74, 6) is -0.188. The van der Waals surface area contributed by atoms with Crippen molar-refractivity contribution in [2.45, 2.75) is 43.6 Å². The van der Waals surface area contributed by atoms with Crippen molar-refractivity contribution < 1.29 is 4.79 Å². The summed E-state index contributed by atoms with van der Waals surface area (Å²) >= 11 is 11.5. The molecule has 0 saturated carbocycles. The van der Waals surface area contributed by atoms with Crippen molar-refractivity contribution in [1.29, 1.82) is 0 Å². The van der Waals surface area contributed by atoms with E-state index in [1.54, 1.807) is 0 Å². The van der Waals surface area contributed by atoms with Gasteiger partial charge >= 0.3 is 0 Å². The van der Waals surface area contributed by atoms with Crippen molar-refractivity contribution >= 4 is 29.1 Å². The van der Waals surface area contributed by atoms with Gasteiger partial charge in [0.05, 0.1) is 6.04 Å². The zero-order valence-corrected chi connectivity index (χ0v) is 12.1. The largest absolute Gasteiger partial charge is 0.330 e. The molecule has 4 heteroatoms. The minimum Gasteiger partial charge on any atom is -0.330 e. The molecular formula is C14H17Cl2NO. The van der Waals surface area contributed by atoms with Gasteiger partial charge in [0.15, 0.2) is 4.84 Å². The molecule has 18 heavy (non-hydrogen) atoms. The maximum atomic E-state index is 12.1. The van der Waals surface area contributed by atoms with Crippen LogP contribution in [0.1, 0.15) is 37.4 Å². The molecule has 1 aromatic carbocycles. The molecule has 1 amide bonds. The number of hydrogen-bond acceptors (Lipinski definition) is 1. The quantitative estimate of drug-likeness (QED) is 0.759. The Balaban J connectivity index is 2.41. The summed E-state index contributed by atoms with van der Waals surface area (Å²) in [6.07, 6.45) is 1.73. The summed E-state index contributed by atoms with van der Waals surface area (Å²) in [4.78, 5) is 13.0. The van der Waals surface area contributed by atoms with Crippen molar-refractivity contribution in [2.75, 3.05) is 0 Å². The van der Waals surface area contributed by atoms with Gasteiger partial charge in [0.25, 0.3) is 5.91 Å².